The van der Waals surface area contributed by atoms with Gasteiger partial charge in [0, 0.05) is 19.1 Å². The van der Waals surface area contributed by atoms with E-state index in [0.29, 0.717) is 17.1 Å². The zero-order valence-electron chi connectivity index (χ0n) is 11.8. The van der Waals surface area contributed by atoms with Crippen molar-refractivity contribution in [1.82, 2.24) is 0 Å². The minimum atomic E-state index is -0.289. The van der Waals surface area contributed by atoms with Gasteiger partial charge in [-0.15, -0.1) is 0 Å². The summed E-state index contributed by atoms with van der Waals surface area (Å²) in [6, 6.07) is 5.02. The summed E-state index contributed by atoms with van der Waals surface area (Å²) in [5.41, 5.74) is 1.00. The second kappa shape index (κ2) is 7.78. The van der Waals surface area contributed by atoms with E-state index in [-0.39, 0.29) is 11.8 Å². The number of rotatable bonds is 5. The molecule has 5 heteroatoms. The number of allylic oxidation sites excluding steroid dienone is 3. The number of benzene rings is 1. The summed E-state index contributed by atoms with van der Waals surface area (Å²) in [6.07, 6.45) is 6.60. The van der Waals surface area contributed by atoms with E-state index in [9.17, 15) is 9.59 Å². The average Bonchev–Trinajstić information content (AvgIpc) is 2.40. The number of carbonyl (C=O) groups excluding carboxylic acids is 2. The average molecular weight is 274 g/mol. The van der Waals surface area contributed by atoms with Crippen LogP contribution in [0.5, 0.6) is 5.75 Å². The molecule has 1 aromatic rings. The first-order chi connectivity index (χ1) is 9.56. The first-order valence-electron chi connectivity index (χ1n) is 6.12. The number of carbonyl (C=O) groups is 2. The summed E-state index contributed by atoms with van der Waals surface area (Å²) in [5.74, 6) is 0.0879. The number of anilines is 2. The number of ether oxygens (including phenoxy) is 1. The van der Waals surface area contributed by atoms with Crippen LogP contribution in [0.15, 0.2) is 42.5 Å². The maximum absolute atomic E-state index is 11.7. The minimum absolute atomic E-state index is 0.213. The van der Waals surface area contributed by atoms with E-state index in [1.165, 1.54) is 20.1 Å². The van der Waals surface area contributed by atoms with Crippen LogP contribution in [0.4, 0.5) is 11.4 Å². The molecule has 0 spiro atoms. The van der Waals surface area contributed by atoms with Gasteiger partial charge in [0.05, 0.1) is 18.5 Å². The summed E-state index contributed by atoms with van der Waals surface area (Å²) in [4.78, 5) is 22.9. The van der Waals surface area contributed by atoms with E-state index >= 15 is 0 Å². The molecule has 2 amide bonds. The fourth-order valence-corrected chi connectivity index (χ4v) is 1.48. The monoisotopic (exact) mass is 274 g/mol. The Kier molecular flexibility index (Phi) is 6.03. The smallest absolute Gasteiger partial charge is 0.248 e. The van der Waals surface area contributed by atoms with Crippen molar-refractivity contribution in [1.29, 1.82) is 0 Å². The molecular formula is C15H18N2O3. The third-order valence-corrected chi connectivity index (χ3v) is 2.35. The molecule has 0 saturated carbocycles. The van der Waals surface area contributed by atoms with E-state index in [0.717, 1.165) is 0 Å². The van der Waals surface area contributed by atoms with Gasteiger partial charge in [-0.3, -0.25) is 9.59 Å². The molecule has 0 bridgehead atoms. The summed E-state index contributed by atoms with van der Waals surface area (Å²) < 4.78 is 5.10. The second-order valence-electron chi connectivity index (χ2n) is 3.97. The molecule has 0 fully saturated rings. The summed E-state index contributed by atoms with van der Waals surface area (Å²) in [6.45, 7) is 3.26. The SMILES string of the molecule is C/C=C/C=C/C(=O)Nc1cc(OC)ccc1NC(C)=O. The zero-order valence-corrected chi connectivity index (χ0v) is 11.8. The van der Waals surface area contributed by atoms with E-state index in [4.69, 9.17) is 4.74 Å². The molecule has 0 aliphatic rings. The van der Waals surface area contributed by atoms with Crippen LogP contribution in [0.25, 0.3) is 0 Å². The van der Waals surface area contributed by atoms with Crippen LogP contribution in [0.2, 0.25) is 0 Å². The van der Waals surface area contributed by atoms with Crippen LogP contribution in [-0.4, -0.2) is 18.9 Å². The Hall–Kier alpha value is -2.56. The van der Waals surface area contributed by atoms with E-state index in [1.807, 2.05) is 13.0 Å². The normalized spacial score (nSPS) is 10.8. The lowest BCUT2D eigenvalue weighted by Gasteiger charge is -2.12. The van der Waals surface area contributed by atoms with Gasteiger partial charge in [0.1, 0.15) is 5.75 Å². The third kappa shape index (κ3) is 4.97. The van der Waals surface area contributed by atoms with Gasteiger partial charge in [0.15, 0.2) is 0 Å². The lowest BCUT2D eigenvalue weighted by atomic mass is 10.2. The number of hydrogen-bond acceptors (Lipinski definition) is 3. The predicted molar refractivity (Wildman–Crippen MR) is 79.9 cm³/mol. The van der Waals surface area contributed by atoms with E-state index < -0.39 is 0 Å². The Morgan fingerprint density at radius 3 is 2.50 bits per heavy atom. The molecule has 1 rings (SSSR count). The molecule has 0 radical (unpaired) electrons. The number of nitrogens with one attached hydrogen (secondary N) is 2. The summed E-state index contributed by atoms with van der Waals surface area (Å²) in [5, 5.41) is 5.35. The van der Waals surface area contributed by atoms with Crippen molar-refractivity contribution in [2.24, 2.45) is 0 Å². The first kappa shape index (κ1) is 15.5. The van der Waals surface area contributed by atoms with Crippen LogP contribution in [0, 0.1) is 0 Å². The quantitative estimate of drug-likeness (QED) is 0.641. The molecule has 0 saturated heterocycles. The highest BCUT2D eigenvalue weighted by atomic mass is 16.5. The molecule has 106 valence electrons. The van der Waals surface area contributed by atoms with Crippen molar-refractivity contribution in [3.05, 3.63) is 42.5 Å². The van der Waals surface area contributed by atoms with Crippen molar-refractivity contribution in [2.75, 3.05) is 17.7 Å². The Morgan fingerprint density at radius 1 is 1.15 bits per heavy atom. The van der Waals surface area contributed by atoms with Gasteiger partial charge in [-0.25, -0.2) is 0 Å². The van der Waals surface area contributed by atoms with Gasteiger partial charge >= 0.3 is 0 Å². The van der Waals surface area contributed by atoms with E-state index in [1.54, 1.807) is 30.4 Å². The summed E-state index contributed by atoms with van der Waals surface area (Å²) in [7, 11) is 1.53. The molecule has 0 aliphatic heterocycles. The van der Waals surface area contributed by atoms with Gasteiger partial charge in [0.2, 0.25) is 11.8 Å². The molecule has 0 aliphatic carbocycles. The fourth-order valence-electron chi connectivity index (χ4n) is 1.48. The van der Waals surface area contributed by atoms with Gasteiger partial charge < -0.3 is 15.4 Å². The van der Waals surface area contributed by atoms with Crippen molar-refractivity contribution in [3.63, 3.8) is 0 Å². The lowest BCUT2D eigenvalue weighted by Crippen LogP contribution is -2.13. The number of amides is 2. The Labute approximate surface area is 118 Å². The van der Waals surface area contributed by atoms with Gasteiger partial charge in [0.25, 0.3) is 0 Å². The summed E-state index contributed by atoms with van der Waals surface area (Å²) >= 11 is 0. The van der Waals surface area contributed by atoms with Crippen molar-refractivity contribution in [3.8, 4) is 5.75 Å². The highest BCUT2D eigenvalue weighted by Crippen LogP contribution is 2.27. The van der Waals surface area contributed by atoms with Crippen LogP contribution >= 0.6 is 0 Å². The van der Waals surface area contributed by atoms with Crippen LogP contribution < -0.4 is 15.4 Å². The maximum Gasteiger partial charge on any atom is 0.248 e. The Morgan fingerprint density at radius 2 is 1.90 bits per heavy atom. The topological polar surface area (TPSA) is 67.4 Å². The lowest BCUT2D eigenvalue weighted by molar-refractivity contribution is -0.114. The molecule has 0 heterocycles. The predicted octanol–water partition coefficient (Wildman–Crippen LogP) is 2.72. The molecular weight excluding hydrogens is 256 g/mol. The molecule has 0 atom stereocenters. The van der Waals surface area contributed by atoms with Gasteiger partial charge in [-0.1, -0.05) is 18.2 Å². The van der Waals surface area contributed by atoms with Gasteiger partial charge in [-0.05, 0) is 19.1 Å². The molecule has 0 aromatic heterocycles. The van der Waals surface area contributed by atoms with Crippen molar-refractivity contribution in [2.45, 2.75) is 13.8 Å². The molecule has 5 nitrogen and oxygen atoms in total. The molecule has 20 heavy (non-hydrogen) atoms. The van der Waals surface area contributed by atoms with Crippen LogP contribution in [0.3, 0.4) is 0 Å². The highest BCUT2D eigenvalue weighted by Gasteiger charge is 2.08. The Balaban J connectivity index is 2.94. The Bertz CT molecular complexity index is 548. The minimum Gasteiger partial charge on any atom is -0.497 e. The third-order valence-electron chi connectivity index (χ3n) is 2.35. The number of hydrogen-bond donors (Lipinski definition) is 2. The molecule has 2 N–H and O–H groups in total. The van der Waals surface area contributed by atoms with E-state index in [2.05, 4.69) is 10.6 Å². The second-order valence-corrected chi connectivity index (χ2v) is 3.97. The number of methoxy groups -OCH3 is 1. The van der Waals surface area contributed by atoms with Crippen molar-refractivity contribution >= 4 is 23.2 Å². The molecule has 0 unspecified atom stereocenters. The van der Waals surface area contributed by atoms with Crippen molar-refractivity contribution < 1.29 is 14.3 Å². The fraction of sp³-hybridized carbons (Fsp3) is 0.200. The standard InChI is InChI=1S/C15H18N2O3/c1-4-5-6-7-15(19)17-14-10-12(20-3)8-9-13(14)16-11(2)18/h4-10H,1-3H3,(H,16,18)(H,17,19)/b5-4+,7-6+. The maximum atomic E-state index is 11.7. The van der Waals surface area contributed by atoms with Gasteiger partial charge in [-0.2, -0.15) is 0 Å². The zero-order chi connectivity index (χ0) is 15.0. The van der Waals surface area contributed by atoms with Crippen LogP contribution in [0.1, 0.15) is 13.8 Å². The first-order valence-corrected chi connectivity index (χ1v) is 6.12. The van der Waals surface area contributed by atoms with Crippen LogP contribution in [-0.2, 0) is 9.59 Å². The largest absolute Gasteiger partial charge is 0.497 e. The highest BCUT2D eigenvalue weighted by molar-refractivity contribution is 6.03. The molecule has 1 aromatic carbocycles.